The predicted octanol–water partition coefficient (Wildman–Crippen LogP) is 5.71. The van der Waals surface area contributed by atoms with Crippen molar-refractivity contribution in [1.82, 2.24) is 0 Å². The molecule has 6 aliphatic heterocycles. The van der Waals surface area contributed by atoms with Gasteiger partial charge in [0, 0.05) is 37.7 Å². The summed E-state index contributed by atoms with van der Waals surface area (Å²) in [5, 5.41) is 30.7. The van der Waals surface area contributed by atoms with Crippen LogP contribution in [0.1, 0.15) is 120 Å². The number of hydrogen-bond donors (Lipinski definition) is 3. The van der Waals surface area contributed by atoms with Gasteiger partial charge in [-0.05, 0) is 83.5 Å². The first-order valence-corrected chi connectivity index (χ1v) is 20.0. The van der Waals surface area contributed by atoms with Gasteiger partial charge in [0.05, 0.1) is 72.6 Å². The number of aliphatic hydroxyl groups excluding tert-OH is 1. The quantitative estimate of drug-likeness (QED) is 0.269. The van der Waals surface area contributed by atoms with Gasteiger partial charge in [0.1, 0.15) is 0 Å². The van der Waals surface area contributed by atoms with E-state index < -0.39 is 41.3 Å². The highest BCUT2D eigenvalue weighted by molar-refractivity contribution is 5.70. The minimum Gasteiger partial charge on any atom is -0.481 e. The summed E-state index contributed by atoms with van der Waals surface area (Å²) in [5.41, 5.74) is -1.10. The molecule has 51 heavy (non-hydrogen) atoms. The van der Waals surface area contributed by atoms with Gasteiger partial charge in [-0.3, -0.25) is 4.79 Å². The Balaban J connectivity index is 1.13. The lowest BCUT2D eigenvalue weighted by Crippen LogP contribution is -2.58. The molecule has 6 saturated heterocycles. The first kappa shape index (κ1) is 39.8. The Kier molecular flexibility index (Phi) is 11.4. The van der Waals surface area contributed by atoms with Crippen LogP contribution in [0.25, 0.3) is 0 Å². The summed E-state index contributed by atoms with van der Waals surface area (Å²) in [6.45, 7) is 18.4. The van der Waals surface area contributed by atoms with Gasteiger partial charge in [0.25, 0.3) is 0 Å². The second-order valence-electron chi connectivity index (χ2n) is 18.4. The van der Waals surface area contributed by atoms with Crippen molar-refractivity contribution in [3.63, 3.8) is 0 Å². The van der Waals surface area contributed by atoms with Crippen molar-refractivity contribution in [2.45, 2.75) is 192 Å². The molecule has 0 aliphatic carbocycles. The second kappa shape index (κ2) is 14.6. The summed E-state index contributed by atoms with van der Waals surface area (Å²) in [7, 11) is 1.77. The maximum atomic E-state index is 11.8. The molecule has 0 aromatic rings. The molecule has 0 saturated carbocycles. The minimum absolute atomic E-state index is 0.00727. The molecule has 11 nitrogen and oxygen atoms in total. The van der Waals surface area contributed by atoms with E-state index >= 15 is 0 Å². The second-order valence-corrected chi connectivity index (χ2v) is 18.4. The van der Waals surface area contributed by atoms with Crippen LogP contribution >= 0.6 is 0 Å². The zero-order valence-electron chi connectivity index (χ0n) is 32.8. The third-order valence-corrected chi connectivity index (χ3v) is 14.4. The van der Waals surface area contributed by atoms with Crippen LogP contribution < -0.4 is 0 Å². The first-order chi connectivity index (χ1) is 23.9. The van der Waals surface area contributed by atoms with E-state index in [1.807, 2.05) is 6.92 Å². The third kappa shape index (κ3) is 7.19. The number of carboxylic acid groups (broad SMARTS) is 1. The van der Waals surface area contributed by atoms with Crippen LogP contribution in [-0.2, 0) is 38.0 Å². The lowest BCUT2D eigenvalue weighted by molar-refractivity contribution is -0.353. The van der Waals surface area contributed by atoms with Gasteiger partial charge in [0.15, 0.2) is 11.6 Å². The van der Waals surface area contributed by atoms with Gasteiger partial charge in [-0.15, -0.1) is 0 Å². The average Bonchev–Trinajstić information content (AvgIpc) is 3.75. The SMILES string of the molecule is CO[C@@H]1C[C@H](C[C@@H]2CC[C@H](C)[C@H]([C@@H](C)C(=O)O)O2)O[C@]2(O[C@](C)([C@@H]3CC[C@](C)([C@@H]4O[C@@H]([C@H]5O[C@](O)(CO)[C@@H](C)C[C@H]5C)C[C@H]4C)O3)C[C@H]2C)[C@@H]1C. The van der Waals surface area contributed by atoms with Gasteiger partial charge in [0.2, 0.25) is 0 Å². The van der Waals surface area contributed by atoms with Crippen LogP contribution in [0, 0.1) is 41.4 Å². The number of rotatable bonds is 9. The van der Waals surface area contributed by atoms with E-state index in [1.165, 1.54) is 0 Å². The number of aliphatic carboxylic acids is 1. The molecule has 0 unspecified atom stereocenters. The minimum atomic E-state index is -1.55. The maximum absolute atomic E-state index is 11.8. The molecule has 0 amide bonds. The van der Waals surface area contributed by atoms with Gasteiger partial charge in [-0.1, -0.05) is 41.5 Å². The summed E-state index contributed by atoms with van der Waals surface area (Å²) in [6.07, 6.45) is 5.85. The smallest absolute Gasteiger partial charge is 0.308 e. The van der Waals surface area contributed by atoms with Crippen LogP contribution in [-0.4, -0.2) is 107 Å². The summed E-state index contributed by atoms with van der Waals surface area (Å²) in [6, 6.07) is 0. The van der Waals surface area contributed by atoms with Crippen molar-refractivity contribution in [1.29, 1.82) is 0 Å². The van der Waals surface area contributed by atoms with Crippen molar-refractivity contribution in [3.05, 3.63) is 0 Å². The summed E-state index contributed by atoms with van der Waals surface area (Å²) in [5.74, 6) is -3.26. The van der Waals surface area contributed by atoms with E-state index in [0.29, 0.717) is 6.42 Å². The highest BCUT2D eigenvalue weighted by Gasteiger charge is 2.65. The van der Waals surface area contributed by atoms with Crippen LogP contribution in [0.4, 0.5) is 0 Å². The summed E-state index contributed by atoms with van der Waals surface area (Å²) >= 11 is 0. The fourth-order valence-electron chi connectivity index (χ4n) is 11.3. The molecule has 0 aromatic carbocycles. The van der Waals surface area contributed by atoms with Crippen LogP contribution in [0.5, 0.6) is 0 Å². The molecule has 6 rings (SSSR count). The van der Waals surface area contributed by atoms with Crippen molar-refractivity contribution < 1.29 is 53.3 Å². The molecule has 294 valence electrons. The molecule has 0 bridgehead atoms. The van der Waals surface area contributed by atoms with Crippen LogP contribution in [0.2, 0.25) is 0 Å². The molecule has 6 aliphatic rings. The standard InChI is InChI=1S/C40H68O11/c1-21-11-12-28(46-33(21)26(6)36(42)43)17-29-18-30(45-10)27(7)40(48-29)25(5)19-38(9,51-40)32-13-14-37(8,49-32)35-23(3)16-31(47-35)34-22(2)15-24(4)39(44,20-41)50-34/h21-35,41,44H,11-20H2,1-10H3,(H,42,43)/t21-,22+,23+,24-,25+,26+,27+,28-,29-,30+,31+,32-,33+,34-,35+,37+,38-,39+,40+/m0/s1. The molecule has 6 fully saturated rings. The van der Waals surface area contributed by atoms with Crippen LogP contribution in [0.3, 0.4) is 0 Å². The number of carbonyl (C=O) groups is 1. The van der Waals surface area contributed by atoms with E-state index in [1.54, 1.807) is 14.0 Å². The molecule has 6 heterocycles. The third-order valence-electron chi connectivity index (χ3n) is 14.4. The average molecular weight is 725 g/mol. The van der Waals surface area contributed by atoms with Crippen molar-refractivity contribution in [3.8, 4) is 0 Å². The molecule has 3 N–H and O–H groups in total. The van der Waals surface area contributed by atoms with Gasteiger partial charge in [-0.2, -0.15) is 0 Å². The van der Waals surface area contributed by atoms with Crippen molar-refractivity contribution in [2.75, 3.05) is 13.7 Å². The molecular formula is C40H68O11. The Labute approximate surface area is 305 Å². The maximum Gasteiger partial charge on any atom is 0.308 e. The topological polar surface area (TPSA) is 142 Å². The number of ether oxygens (including phenoxy) is 7. The molecule has 11 heteroatoms. The molecule has 1 spiro atoms. The van der Waals surface area contributed by atoms with E-state index in [4.69, 9.17) is 33.2 Å². The highest BCUT2D eigenvalue weighted by Crippen LogP contribution is 2.57. The largest absolute Gasteiger partial charge is 0.481 e. The van der Waals surface area contributed by atoms with Crippen molar-refractivity contribution in [2.24, 2.45) is 41.4 Å². The first-order valence-electron chi connectivity index (χ1n) is 20.0. The summed E-state index contributed by atoms with van der Waals surface area (Å²) < 4.78 is 47.0. The fourth-order valence-corrected chi connectivity index (χ4v) is 11.3. The number of carboxylic acids is 1. The Morgan fingerprint density at radius 1 is 0.863 bits per heavy atom. The number of hydrogen-bond acceptors (Lipinski definition) is 10. The van der Waals surface area contributed by atoms with E-state index in [9.17, 15) is 20.1 Å². The summed E-state index contributed by atoms with van der Waals surface area (Å²) in [4.78, 5) is 11.8. The zero-order valence-corrected chi connectivity index (χ0v) is 32.8. The Hall–Kier alpha value is -0.890. The monoisotopic (exact) mass is 724 g/mol. The Bertz CT molecular complexity index is 1230. The fraction of sp³-hybridized carbons (Fsp3) is 0.975. The van der Waals surface area contributed by atoms with E-state index in [2.05, 4.69) is 48.5 Å². The van der Waals surface area contributed by atoms with Crippen LogP contribution in [0.15, 0.2) is 0 Å². The molecule has 19 atom stereocenters. The lowest BCUT2D eigenvalue weighted by atomic mass is 9.78. The molecule has 0 radical (unpaired) electrons. The molecule has 0 aromatic heterocycles. The lowest BCUT2D eigenvalue weighted by Gasteiger charge is -2.50. The number of aliphatic hydroxyl groups is 2. The van der Waals surface area contributed by atoms with Gasteiger partial charge < -0.3 is 48.5 Å². The Morgan fingerprint density at radius 3 is 2.25 bits per heavy atom. The zero-order chi connectivity index (χ0) is 37.3. The van der Waals surface area contributed by atoms with E-state index in [-0.39, 0.29) is 84.3 Å². The number of methoxy groups -OCH3 is 1. The predicted molar refractivity (Wildman–Crippen MR) is 189 cm³/mol. The normalized spacial score (nSPS) is 54.2. The molecular weight excluding hydrogens is 656 g/mol. The van der Waals surface area contributed by atoms with E-state index in [0.717, 1.165) is 51.4 Å². The van der Waals surface area contributed by atoms with Crippen molar-refractivity contribution >= 4 is 5.97 Å². The highest BCUT2D eigenvalue weighted by atomic mass is 16.7. The Morgan fingerprint density at radius 2 is 1.59 bits per heavy atom. The van der Waals surface area contributed by atoms with Gasteiger partial charge >= 0.3 is 5.97 Å². The van der Waals surface area contributed by atoms with Gasteiger partial charge in [-0.25, -0.2) is 0 Å².